The zero-order valence-electron chi connectivity index (χ0n) is 8.07. The molecule has 0 bridgehead atoms. The SMILES string of the molecule is CN(C(=O)c1cc(Cl)nnc1Cl)C1CC1. The van der Waals surface area contributed by atoms with Crippen LogP contribution in [0.3, 0.4) is 0 Å². The number of halogens is 2. The molecule has 0 unspecified atom stereocenters. The fourth-order valence-electron chi connectivity index (χ4n) is 1.32. The highest BCUT2D eigenvalue weighted by Gasteiger charge is 2.31. The van der Waals surface area contributed by atoms with Crippen molar-refractivity contribution < 1.29 is 4.79 Å². The largest absolute Gasteiger partial charge is 0.339 e. The van der Waals surface area contributed by atoms with Crippen molar-refractivity contribution in [2.75, 3.05) is 7.05 Å². The third kappa shape index (κ3) is 2.21. The Balaban J connectivity index is 2.27. The lowest BCUT2D eigenvalue weighted by molar-refractivity contribution is 0.0784. The minimum atomic E-state index is -0.153. The molecule has 1 aromatic rings. The van der Waals surface area contributed by atoms with Gasteiger partial charge in [-0.25, -0.2) is 0 Å². The number of carbonyl (C=O) groups is 1. The molecule has 4 nitrogen and oxygen atoms in total. The Morgan fingerprint density at radius 3 is 2.73 bits per heavy atom. The van der Waals surface area contributed by atoms with Gasteiger partial charge in [0.25, 0.3) is 5.91 Å². The Labute approximate surface area is 97.2 Å². The van der Waals surface area contributed by atoms with Gasteiger partial charge in [-0.2, -0.15) is 0 Å². The van der Waals surface area contributed by atoms with Crippen LogP contribution in [0.1, 0.15) is 23.2 Å². The Bertz CT molecular complexity index is 406. The van der Waals surface area contributed by atoms with E-state index in [4.69, 9.17) is 23.2 Å². The van der Waals surface area contributed by atoms with Gasteiger partial charge in [0.05, 0.1) is 5.56 Å². The van der Waals surface area contributed by atoms with Crippen molar-refractivity contribution in [3.8, 4) is 0 Å². The molecule has 1 aliphatic rings. The van der Waals surface area contributed by atoms with Gasteiger partial charge in [-0.15, -0.1) is 10.2 Å². The topological polar surface area (TPSA) is 46.1 Å². The van der Waals surface area contributed by atoms with E-state index in [9.17, 15) is 4.79 Å². The molecule has 0 aromatic carbocycles. The lowest BCUT2D eigenvalue weighted by atomic mass is 10.2. The van der Waals surface area contributed by atoms with Crippen LogP contribution in [0.4, 0.5) is 0 Å². The van der Waals surface area contributed by atoms with Crippen LogP contribution in [0.2, 0.25) is 10.3 Å². The lowest BCUT2D eigenvalue weighted by Crippen LogP contribution is -2.29. The van der Waals surface area contributed by atoms with Gasteiger partial charge in [-0.05, 0) is 18.9 Å². The normalized spacial score (nSPS) is 15.1. The van der Waals surface area contributed by atoms with Crippen LogP contribution in [0, 0.1) is 0 Å². The molecule has 80 valence electrons. The standard InChI is InChI=1S/C9H9Cl2N3O/c1-14(5-2-3-5)9(15)6-4-7(10)12-13-8(6)11/h4-5H,2-3H2,1H3. The van der Waals surface area contributed by atoms with Crippen molar-refractivity contribution in [2.24, 2.45) is 0 Å². The van der Waals surface area contributed by atoms with Gasteiger partial charge in [-0.3, -0.25) is 4.79 Å². The number of nitrogens with zero attached hydrogens (tertiary/aromatic N) is 3. The molecule has 0 N–H and O–H groups in total. The summed E-state index contributed by atoms with van der Waals surface area (Å²) in [6, 6.07) is 1.78. The summed E-state index contributed by atoms with van der Waals surface area (Å²) < 4.78 is 0. The summed E-state index contributed by atoms with van der Waals surface area (Å²) in [6.07, 6.45) is 2.10. The van der Waals surface area contributed by atoms with E-state index in [0.717, 1.165) is 12.8 Å². The second-order valence-electron chi connectivity index (χ2n) is 3.52. The summed E-state index contributed by atoms with van der Waals surface area (Å²) in [4.78, 5) is 13.6. The van der Waals surface area contributed by atoms with Gasteiger partial charge in [0.2, 0.25) is 0 Å². The molecule has 1 aromatic heterocycles. The molecule has 1 heterocycles. The minimum Gasteiger partial charge on any atom is -0.339 e. The smallest absolute Gasteiger partial charge is 0.257 e. The van der Waals surface area contributed by atoms with Crippen molar-refractivity contribution >= 4 is 29.1 Å². The zero-order valence-corrected chi connectivity index (χ0v) is 9.59. The molecule has 0 spiro atoms. The maximum Gasteiger partial charge on any atom is 0.257 e. The lowest BCUT2D eigenvalue weighted by Gasteiger charge is -2.16. The molecule has 1 aliphatic carbocycles. The molecular formula is C9H9Cl2N3O. The molecule has 2 rings (SSSR count). The first-order valence-corrected chi connectivity index (χ1v) is 5.31. The van der Waals surface area contributed by atoms with Gasteiger partial charge >= 0.3 is 0 Å². The predicted octanol–water partition coefficient (Wildman–Crippen LogP) is 2.02. The molecule has 0 radical (unpaired) electrons. The quantitative estimate of drug-likeness (QED) is 0.801. The average molecular weight is 246 g/mol. The highest BCUT2D eigenvalue weighted by molar-refractivity contribution is 6.34. The second kappa shape index (κ2) is 3.94. The van der Waals surface area contributed by atoms with E-state index >= 15 is 0 Å². The first-order chi connectivity index (χ1) is 7.09. The van der Waals surface area contributed by atoms with Crippen molar-refractivity contribution in [1.29, 1.82) is 0 Å². The maximum atomic E-state index is 11.9. The summed E-state index contributed by atoms with van der Waals surface area (Å²) in [5.41, 5.74) is 0.311. The van der Waals surface area contributed by atoms with E-state index in [-0.39, 0.29) is 16.2 Å². The van der Waals surface area contributed by atoms with Crippen LogP contribution in [-0.2, 0) is 0 Å². The number of aromatic nitrogens is 2. The Morgan fingerprint density at radius 1 is 1.47 bits per heavy atom. The summed E-state index contributed by atoms with van der Waals surface area (Å²) in [7, 11) is 1.75. The van der Waals surface area contributed by atoms with Crippen LogP contribution >= 0.6 is 23.2 Å². The van der Waals surface area contributed by atoms with Gasteiger partial charge in [-0.1, -0.05) is 23.2 Å². The predicted molar refractivity (Wildman–Crippen MR) is 57.2 cm³/mol. The summed E-state index contributed by atoms with van der Waals surface area (Å²) in [5, 5.41) is 7.42. The van der Waals surface area contributed by atoms with Crippen LogP contribution in [0.25, 0.3) is 0 Å². The molecule has 1 saturated carbocycles. The second-order valence-corrected chi connectivity index (χ2v) is 4.26. The molecule has 0 aliphatic heterocycles. The zero-order chi connectivity index (χ0) is 11.0. The Morgan fingerprint density at radius 2 is 2.13 bits per heavy atom. The molecule has 0 saturated heterocycles. The fraction of sp³-hybridized carbons (Fsp3) is 0.444. The van der Waals surface area contributed by atoms with Gasteiger partial charge in [0.1, 0.15) is 0 Å². The summed E-state index contributed by atoms with van der Waals surface area (Å²) in [5.74, 6) is -0.153. The molecule has 15 heavy (non-hydrogen) atoms. The Kier molecular flexibility index (Phi) is 2.80. The third-order valence-corrected chi connectivity index (χ3v) is 2.83. The highest BCUT2D eigenvalue weighted by Crippen LogP contribution is 2.28. The van der Waals surface area contributed by atoms with Crippen LogP contribution in [0.15, 0.2) is 6.07 Å². The highest BCUT2D eigenvalue weighted by atomic mass is 35.5. The molecule has 6 heteroatoms. The first kappa shape index (κ1) is 10.6. The van der Waals surface area contributed by atoms with Crippen LogP contribution in [0.5, 0.6) is 0 Å². The average Bonchev–Trinajstić information content (AvgIpc) is 3.03. The van der Waals surface area contributed by atoms with Crippen molar-refractivity contribution in [2.45, 2.75) is 18.9 Å². The van der Waals surface area contributed by atoms with Crippen molar-refractivity contribution in [3.05, 3.63) is 21.9 Å². The molecule has 0 atom stereocenters. The number of hydrogen-bond donors (Lipinski definition) is 0. The Hall–Kier alpha value is -0.870. The van der Waals surface area contributed by atoms with E-state index in [1.807, 2.05) is 0 Å². The van der Waals surface area contributed by atoms with E-state index in [1.54, 1.807) is 11.9 Å². The third-order valence-electron chi connectivity index (χ3n) is 2.36. The molecular weight excluding hydrogens is 237 g/mol. The van der Waals surface area contributed by atoms with Crippen molar-refractivity contribution in [3.63, 3.8) is 0 Å². The maximum absolute atomic E-state index is 11.9. The fourth-order valence-corrected chi connectivity index (χ4v) is 1.64. The number of rotatable bonds is 2. The van der Waals surface area contributed by atoms with E-state index in [2.05, 4.69) is 10.2 Å². The van der Waals surface area contributed by atoms with Crippen LogP contribution in [-0.4, -0.2) is 34.1 Å². The van der Waals surface area contributed by atoms with Gasteiger partial charge in [0.15, 0.2) is 10.3 Å². The van der Waals surface area contributed by atoms with Crippen LogP contribution < -0.4 is 0 Å². The van der Waals surface area contributed by atoms with E-state index in [0.29, 0.717) is 11.6 Å². The molecule has 1 amide bonds. The van der Waals surface area contributed by atoms with E-state index < -0.39 is 0 Å². The van der Waals surface area contributed by atoms with Gasteiger partial charge in [0, 0.05) is 13.1 Å². The van der Waals surface area contributed by atoms with Crippen molar-refractivity contribution in [1.82, 2.24) is 15.1 Å². The first-order valence-electron chi connectivity index (χ1n) is 4.55. The monoisotopic (exact) mass is 245 g/mol. The molecule has 1 fully saturated rings. The number of carbonyl (C=O) groups excluding carboxylic acids is 1. The minimum absolute atomic E-state index is 0.0944. The van der Waals surface area contributed by atoms with E-state index in [1.165, 1.54) is 6.07 Å². The number of hydrogen-bond acceptors (Lipinski definition) is 3. The van der Waals surface area contributed by atoms with Gasteiger partial charge < -0.3 is 4.90 Å². The summed E-state index contributed by atoms with van der Waals surface area (Å²) >= 11 is 11.4. The summed E-state index contributed by atoms with van der Waals surface area (Å²) in [6.45, 7) is 0. The number of amides is 1.